The van der Waals surface area contributed by atoms with Gasteiger partial charge in [0.1, 0.15) is 17.7 Å². The van der Waals surface area contributed by atoms with Gasteiger partial charge in [0.2, 0.25) is 5.88 Å². The van der Waals surface area contributed by atoms with Crippen molar-refractivity contribution in [1.29, 1.82) is 0 Å². The van der Waals surface area contributed by atoms with Crippen molar-refractivity contribution in [3.63, 3.8) is 0 Å². The largest absolute Gasteiger partial charge is 0.475 e. The summed E-state index contributed by atoms with van der Waals surface area (Å²) in [6.07, 6.45) is 3.47. The molecule has 0 aromatic carbocycles. The van der Waals surface area contributed by atoms with Crippen LogP contribution in [0.5, 0.6) is 5.88 Å². The van der Waals surface area contributed by atoms with Gasteiger partial charge in [0.15, 0.2) is 0 Å². The number of halogens is 1. The topological polar surface area (TPSA) is 47.5 Å². The van der Waals surface area contributed by atoms with Gasteiger partial charge < -0.3 is 9.47 Å². The standard InChI is InChI=1S/C14H16ClN3O2S/c15-11-1-2-13(17-7-11)20-10-12-8-18(4-5-19-12)9-14-16-3-6-21-14/h1-3,6-7,12H,4-5,8-10H2. The molecule has 2 aromatic rings. The first kappa shape index (κ1) is 14.7. The van der Waals surface area contributed by atoms with Gasteiger partial charge in [-0.1, -0.05) is 11.6 Å². The maximum Gasteiger partial charge on any atom is 0.213 e. The molecule has 0 aliphatic carbocycles. The normalized spacial score (nSPS) is 19.6. The summed E-state index contributed by atoms with van der Waals surface area (Å²) in [5.41, 5.74) is 0. The highest BCUT2D eigenvalue weighted by Gasteiger charge is 2.21. The van der Waals surface area contributed by atoms with E-state index in [1.54, 1.807) is 29.7 Å². The zero-order valence-electron chi connectivity index (χ0n) is 11.4. The number of hydrogen-bond acceptors (Lipinski definition) is 6. The third kappa shape index (κ3) is 4.38. The van der Waals surface area contributed by atoms with Crippen molar-refractivity contribution in [2.24, 2.45) is 0 Å². The molecule has 1 unspecified atom stereocenters. The van der Waals surface area contributed by atoms with Gasteiger partial charge in [0.05, 0.1) is 18.2 Å². The van der Waals surface area contributed by atoms with E-state index in [0.29, 0.717) is 24.1 Å². The van der Waals surface area contributed by atoms with E-state index < -0.39 is 0 Å². The van der Waals surface area contributed by atoms with Gasteiger partial charge in [-0.05, 0) is 6.07 Å². The minimum atomic E-state index is 0.0520. The maximum absolute atomic E-state index is 5.79. The molecule has 0 bridgehead atoms. The fraction of sp³-hybridized carbons (Fsp3) is 0.429. The van der Waals surface area contributed by atoms with Crippen molar-refractivity contribution in [2.45, 2.75) is 12.6 Å². The Hall–Kier alpha value is -1.21. The molecule has 1 aliphatic rings. The number of pyridine rings is 1. The van der Waals surface area contributed by atoms with Crippen LogP contribution < -0.4 is 4.74 Å². The lowest BCUT2D eigenvalue weighted by Crippen LogP contribution is -2.44. The first-order valence-corrected chi connectivity index (χ1v) is 8.02. The molecule has 2 aromatic heterocycles. The molecule has 1 atom stereocenters. The quantitative estimate of drug-likeness (QED) is 0.845. The molecule has 1 aliphatic heterocycles. The first-order valence-electron chi connectivity index (χ1n) is 6.76. The zero-order chi connectivity index (χ0) is 14.5. The summed E-state index contributed by atoms with van der Waals surface area (Å²) in [6.45, 7) is 3.84. The second-order valence-corrected chi connectivity index (χ2v) is 6.19. The van der Waals surface area contributed by atoms with Crippen LogP contribution in [-0.2, 0) is 11.3 Å². The summed E-state index contributed by atoms with van der Waals surface area (Å²) in [4.78, 5) is 10.8. The zero-order valence-corrected chi connectivity index (χ0v) is 13.0. The fourth-order valence-corrected chi connectivity index (χ4v) is 2.94. The summed E-state index contributed by atoms with van der Waals surface area (Å²) in [5.74, 6) is 0.569. The van der Waals surface area contributed by atoms with Crippen LogP contribution in [0.2, 0.25) is 5.02 Å². The number of aromatic nitrogens is 2. The number of rotatable bonds is 5. The van der Waals surface area contributed by atoms with E-state index >= 15 is 0 Å². The van der Waals surface area contributed by atoms with E-state index in [9.17, 15) is 0 Å². The number of nitrogens with zero attached hydrogens (tertiary/aromatic N) is 3. The van der Waals surface area contributed by atoms with Crippen LogP contribution in [0.25, 0.3) is 0 Å². The summed E-state index contributed by atoms with van der Waals surface area (Å²) in [7, 11) is 0. The molecule has 0 N–H and O–H groups in total. The van der Waals surface area contributed by atoms with Crippen LogP contribution in [0.4, 0.5) is 0 Å². The number of thiazole rings is 1. The molecule has 7 heteroatoms. The molecule has 1 fully saturated rings. The van der Waals surface area contributed by atoms with Crippen LogP contribution >= 0.6 is 22.9 Å². The second-order valence-electron chi connectivity index (χ2n) is 4.78. The van der Waals surface area contributed by atoms with Gasteiger partial charge in [0.25, 0.3) is 0 Å². The van der Waals surface area contributed by atoms with E-state index in [-0.39, 0.29) is 6.10 Å². The van der Waals surface area contributed by atoms with Crippen molar-refractivity contribution >= 4 is 22.9 Å². The predicted octanol–water partition coefficient (Wildman–Crippen LogP) is 2.47. The minimum absolute atomic E-state index is 0.0520. The van der Waals surface area contributed by atoms with Crippen LogP contribution in [0.15, 0.2) is 29.9 Å². The lowest BCUT2D eigenvalue weighted by molar-refractivity contribution is -0.0510. The predicted molar refractivity (Wildman–Crippen MR) is 81.9 cm³/mol. The Labute approximate surface area is 132 Å². The van der Waals surface area contributed by atoms with Gasteiger partial charge in [0, 0.05) is 36.9 Å². The Kier molecular flexibility index (Phi) is 5.03. The van der Waals surface area contributed by atoms with E-state index in [0.717, 1.165) is 24.6 Å². The SMILES string of the molecule is Clc1ccc(OCC2CN(Cc3nccs3)CCO2)nc1. The number of hydrogen-bond donors (Lipinski definition) is 0. The molecular weight excluding hydrogens is 310 g/mol. The second kappa shape index (κ2) is 7.17. The van der Waals surface area contributed by atoms with Crippen LogP contribution in [-0.4, -0.2) is 47.3 Å². The highest BCUT2D eigenvalue weighted by atomic mass is 35.5. The Balaban J connectivity index is 1.48. The average molecular weight is 326 g/mol. The van der Waals surface area contributed by atoms with Crippen molar-refractivity contribution in [1.82, 2.24) is 14.9 Å². The highest BCUT2D eigenvalue weighted by Crippen LogP contribution is 2.15. The van der Waals surface area contributed by atoms with E-state index in [1.165, 1.54) is 0 Å². The van der Waals surface area contributed by atoms with E-state index in [2.05, 4.69) is 14.9 Å². The molecule has 112 valence electrons. The monoisotopic (exact) mass is 325 g/mol. The third-order valence-corrected chi connectivity index (χ3v) is 4.17. The van der Waals surface area contributed by atoms with Gasteiger partial charge in [-0.25, -0.2) is 9.97 Å². The summed E-state index contributed by atoms with van der Waals surface area (Å²) in [6, 6.07) is 3.53. The Bertz CT molecular complexity index is 550. The van der Waals surface area contributed by atoms with Crippen LogP contribution in [0.1, 0.15) is 5.01 Å². The maximum atomic E-state index is 5.79. The fourth-order valence-electron chi connectivity index (χ4n) is 2.17. The van der Waals surface area contributed by atoms with Crippen LogP contribution in [0.3, 0.4) is 0 Å². The molecule has 0 amide bonds. The molecular formula is C14H16ClN3O2S. The first-order chi connectivity index (χ1) is 10.3. The van der Waals surface area contributed by atoms with Crippen molar-refractivity contribution in [3.05, 3.63) is 39.9 Å². The van der Waals surface area contributed by atoms with E-state index in [1.807, 2.05) is 11.6 Å². The molecule has 3 heterocycles. The molecule has 3 rings (SSSR count). The summed E-state index contributed by atoms with van der Waals surface area (Å²) >= 11 is 7.47. The molecule has 5 nitrogen and oxygen atoms in total. The van der Waals surface area contributed by atoms with Crippen molar-refractivity contribution in [2.75, 3.05) is 26.3 Å². The Morgan fingerprint density at radius 3 is 3.14 bits per heavy atom. The molecule has 21 heavy (non-hydrogen) atoms. The molecule has 0 spiro atoms. The van der Waals surface area contributed by atoms with Gasteiger partial charge in [-0.15, -0.1) is 11.3 Å². The van der Waals surface area contributed by atoms with Crippen molar-refractivity contribution in [3.8, 4) is 5.88 Å². The summed E-state index contributed by atoms with van der Waals surface area (Å²) in [5, 5.41) is 3.74. The van der Waals surface area contributed by atoms with E-state index in [4.69, 9.17) is 21.1 Å². The highest BCUT2D eigenvalue weighted by molar-refractivity contribution is 7.09. The number of morpholine rings is 1. The molecule has 0 saturated carbocycles. The van der Waals surface area contributed by atoms with Crippen molar-refractivity contribution < 1.29 is 9.47 Å². The van der Waals surface area contributed by atoms with Gasteiger partial charge >= 0.3 is 0 Å². The lowest BCUT2D eigenvalue weighted by atomic mass is 10.3. The minimum Gasteiger partial charge on any atom is -0.475 e. The van der Waals surface area contributed by atoms with Gasteiger partial charge in [-0.3, -0.25) is 4.90 Å². The lowest BCUT2D eigenvalue weighted by Gasteiger charge is -2.32. The van der Waals surface area contributed by atoms with Gasteiger partial charge in [-0.2, -0.15) is 0 Å². The molecule has 0 radical (unpaired) electrons. The Morgan fingerprint density at radius 2 is 2.38 bits per heavy atom. The Morgan fingerprint density at radius 1 is 1.43 bits per heavy atom. The summed E-state index contributed by atoms with van der Waals surface area (Å²) < 4.78 is 11.4. The average Bonchev–Trinajstić information content (AvgIpc) is 3.00. The smallest absolute Gasteiger partial charge is 0.213 e. The third-order valence-electron chi connectivity index (χ3n) is 3.18. The number of ether oxygens (including phenoxy) is 2. The van der Waals surface area contributed by atoms with Crippen LogP contribution in [0, 0.1) is 0 Å². The molecule has 1 saturated heterocycles.